The lowest BCUT2D eigenvalue weighted by Gasteiger charge is -2.13. The van der Waals surface area contributed by atoms with E-state index in [1.807, 2.05) is 48.5 Å². The van der Waals surface area contributed by atoms with E-state index in [2.05, 4.69) is 36.4 Å². The van der Waals surface area contributed by atoms with Gasteiger partial charge in [0.2, 0.25) is 0 Å². The lowest BCUT2D eigenvalue weighted by Crippen LogP contribution is -2.01. The summed E-state index contributed by atoms with van der Waals surface area (Å²) in [7, 11) is 1.67. The predicted octanol–water partition coefficient (Wildman–Crippen LogP) is 6.37. The highest BCUT2D eigenvalue weighted by molar-refractivity contribution is 5.80. The van der Waals surface area contributed by atoms with Crippen LogP contribution < -0.4 is 4.74 Å². The van der Waals surface area contributed by atoms with Crippen LogP contribution in [0.4, 0.5) is 0 Å². The normalized spacial score (nSPS) is 11.5. The summed E-state index contributed by atoms with van der Waals surface area (Å²) in [5.74, 6) is 2.42. The molecule has 0 radical (unpaired) electrons. The number of hydrogen-bond acceptors (Lipinski definition) is 3. The minimum Gasteiger partial charge on any atom is -0.497 e. The van der Waals surface area contributed by atoms with Crippen LogP contribution in [0.25, 0.3) is 21.9 Å². The van der Waals surface area contributed by atoms with Crippen LogP contribution in [0.1, 0.15) is 23.0 Å². The molecule has 0 aliphatic rings. The standard InChI is InChI=1S/C24H18O3/c1-25-19-12-10-16(11-13-19)24(22-14-17-6-2-4-8-20(17)26-22)23-15-18-7-3-5-9-21(18)27-23/h2-15,24H,1H3. The topological polar surface area (TPSA) is 35.5 Å². The molecule has 3 heteroatoms. The Labute approximate surface area is 156 Å². The first kappa shape index (κ1) is 15.8. The number of furan rings is 2. The molecule has 5 rings (SSSR count). The lowest BCUT2D eigenvalue weighted by molar-refractivity contribution is 0.414. The molecule has 0 aliphatic heterocycles. The van der Waals surface area contributed by atoms with Gasteiger partial charge in [0.1, 0.15) is 34.4 Å². The van der Waals surface area contributed by atoms with Crippen molar-refractivity contribution >= 4 is 21.9 Å². The Balaban J connectivity index is 1.70. The summed E-state index contributed by atoms with van der Waals surface area (Å²) in [5, 5.41) is 2.17. The van der Waals surface area contributed by atoms with Gasteiger partial charge in [-0.05, 0) is 42.0 Å². The molecule has 3 aromatic carbocycles. The van der Waals surface area contributed by atoms with Gasteiger partial charge in [-0.2, -0.15) is 0 Å². The molecule has 27 heavy (non-hydrogen) atoms. The van der Waals surface area contributed by atoms with Crippen LogP contribution in [0.5, 0.6) is 5.75 Å². The van der Waals surface area contributed by atoms with E-state index < -0.39 is 0 Å². The van der Waals surface area contributed by atoms with Gasteiger partial charge in [0.15, 0.2) is 0 Å². The molecule has 2 aromatic heterocycles. The summed E-state index contributed by atoms with van der Waals surface area (Å²) in [6.45, 7) is 0. The molecule has 2 heterocycles. The Hall–Kier alpha value is -3.46. The van der Waals surface area contributed by atoms with E-state index in [-0.39, 0.29) is 5.92 Å². The molecule has 0 atom stereocenters. The minimum atomic E-state index is -0.129. The second kappa shape index (κ2) is 6.36. The fraction of sp³-hybridized carbons (Fsp3) is 0.0833. The zero-order chi connectivity index (χ0) is 18.2. The van der Waals surface area contributed by atoms with Crippen molar-refractivity contribution in [3.8, 4) is 5.75 Å². The first-order valence-electron chi connectivity index (χ1n) is 8.93. The zero-order valence-electron chi connectivity index (χ0n) is 14.9. The largest absolute Gasteiger partial charge is 0.497 e. The maximum absolute atomic E-state index is 6.20. The first-order chi connectivity index (χ1) is 13.3. The summed E-state index contributed by atoms with van der Waals surface area (Å²) in [6, 6.07) is 28.3. The maximum Gasteiger partial charge on any atom is 0.134 e. The Morgan fingerprint density at radius 2 is 1.19 bits per heavy atom. The molecule has 0 unspecified atom stereocenters. The molecule has 0 amide bonds. The van der Waals surface area contributed by atoms with Crippen molar-refractivity contribution in [2.24, 2.45) is 0 Å². The van der Waals surface area contributed by atoms with Crippen LogP contribution in [-0.2, 0) is 0 Å². The van der Waals surface area contributed by atoms with Gasteiger partial charge >= 0.3 is 0 Å². The summed E-state index contributed by atoms with van der Waals surface area (Å²) in [4.78, 5) is 0. The summed E-state index contributed by atoms with van der Waals surface area (Å²) in [5.41, 5.74) is 2.85. The van der Waals surface area contributed by atoms with Gasteiger partial charge in [-0.15, -0.1) is 0 Å². The zero-order valence-corrected chi connectivity index (χ0v) is 14.9. The fourth-order valence-electron chi connectivity index (χ4n) is 3.55. The highest BCUT2D eigenvalue weighted by Gasteiger charge is 2.24. The summed E-state index contributed by atoms with van der Waals surface area (Å²) in [6.07, 6.45) is 0. The quantitative estimate of drug-likeness (QED) is 0.376. The van der Waals surface area contributed by atoms with E-state index in [1.54, 1.807) is 7.11 Å². The van der Waals surface area contributed by atoms with Crippen LogP contribution >= 0.6 is 0 Å². The summed E-state index contributed by atoms with van der Waals surface area (Å²) < 4.78 is 17.7. The number of hydrogen-bond donors (Lipinski definition) is 0. The summed E-state index contributed by atoms with van der Waals surface area (Å²) >= 11 is 0. The number of benzene rings is 3. The molecule has 0 saturated carbocycles. The average Bonchev–Trinajstić information content (AvgIpc) is 3.32. The average molecular weight is 354 g/mol. The number of para-hydroxylation sites is 2. The number of fused-ring (bicyclic) bond motifs is 2. The molecular formula is C24H18O3. The van der Waals surface area contributed by atoms with Crippen molar-refractivity contribution in [1.29, 1.82) is 0 Å². The first-order valence-corrected chi connectivity index (χ1v) is 8.93. The SMILES string of the molecule is COc1ccc(C(c2cc3ccccc3o2)c2cc3ccccc3o2)cc1. The van der Waals surface area contributed by atoms with E-state index in [0.717, 1.165) is 44.8 Å². The minimum absolute atomic E-state index is 0.129. The monoisotopic (exact) mass is 354 g/mol. The van der Waals surface area contributed by atoms with Gasteiger partial charge in [0, 0.05) is 10.8 Å². The molecule has 5 aromatic rings. The Morgan fingerprint density at radius 1 is 0.667 bits per heavy atom. The van der Waals surface area contributed by atoms with Crippen molar-refractivity contribution in [2.75, 3.05) is 7.11 Å². The second-order valence-electron chi connectivity index (χ2n) is 6.58. The fourth-order valence-corrected chi connectivity index (χ4v) is 3.55. The molecule has 0 spiro atoms. The van der Waals surface area contributed by atoms with Crippen molar-refractivity contribution < 1.29 is 13.6 Å². The van der Waals surface area contributed by atoms with E-state index >= 15 is 0 Å². The number of rotatable bonds is 4. The van der Waals surface area contributed by atoms with Gasteiger partial charge in [-0.25, -0.2) is 0 Å². The van der Waals surface area contributed by atoms with Crippen LogP contribution in [0.2, 0.25) is 0 Å². The van der Waals surface area contributed by atoms with Gasteiger partial charge < -0.3 is 13.6 Å². The number of ether oxygens (including phenoxy) is 1. The Morgan fingerprint density at radius 3 is 1.67 bits per heavy atom. The van der Waals surface area contributed by atoms with Crippen LogP contribution in [-0.4, -0.2) is 7.11 Å². The number of methoxy groups -OCH3 is 1. The highest BCUT2D eigenvalue weighted by atomic mass is 16.5. The van der Waals surface area contributed by atoms with Crippen molar-refractivity contribution in [3.63, 3.8) is 0 Å². The lowest BCUT2D eigenvalue weighted by atomic mass is 9.93. The molecular weight excluding hydrogens is 336 g/mol. The predicted molar refractivity (Wildman–Crippen MR) is 106 cm³/mol. The van der Waals surface area contributed by atoms with E-state index in [0.29, 0.717) is 0 Å². The van der Waals surface area contributed by atoms with E-state index in [9.17, 15) is 0 Å². The van der Waals surface area contributed by atoms with Crippen molar-refractivity contribution in [1.82, 2.24) is 0 Å². The third kappa shape index (κ3) is 2.77. The molecule has 132 valence electrons. The smallest absolute Gasteiger partial charge is 0.134 e. The van der Waals surface area contributed by atoms with Crippen molar-refractivity contribution in [3.05, 3.63) is 102 Å². The third-order valence-electron chi connectivity index (χ3n) is 4.91. The van der Waals surface area contributed by atoms with Gasteiger partial charge in [-0.1, -0.05) is 48.5 Å². The van der Waals surface area contributed by atoms with E-state index in [1.165, 1.54) is 0 Å². The molecule has 0 bridgehead atoms. The van der Waals surface area contributed by atoms with Crippen LogP contribution in [0.15, 0.2) is 93.8 Å². The van der Waals surface area contributed by atoms with Crippen LogP contribution in [0, 0.1) is 0 Å². The molecule has 0 N–H and O–H groups in total. The molecule has 3 nitrogen and oxygen atoms in total. The maximum atomic E-state index is 6.20. The van der Waals surface area contributed by atoms with Gasteiger partial charge in [0.25, 0.3) is 0 Å². The van der Waals surface area contributed by atoms with Crippen molar-refractivity contribution in [2.45, 2.75) is 5.92 Å². The Kier molecular flexibility index (Phi) is 3.72. The highest BCUT2D eigenvalue weighted by Crippen LogP contribution is 2.38. The second-order valence-corrected chi connectivity index (χ2v) is 6.58. The molecule has 0 saturated heterocycles. The van der Waals surface area contributed by atoms with Gasteiger partial charge in [-0.3, -0.25) is 0 Å². The van der Waals surface area contributed by atoms with Crippen LogP contribution in [0.3, 0.4) is 0 Å². The molecule has 0 fully saturated rings. The van der Waals surface area contributed by atoms with E-state index in [4.69, 9.17) is 13.6 Å². The van der Waals surface area contributed by atoms with Gasteiger partial charge in [0.05, 0.1) is 7.11 Å². The Bertz CT molecular complexity index is 1070. The third-order valence-corrected chi connectivity index (χ3v) is 4.91. The molecule has 0 aliphatic carbocycles.